The van der Waals surface area contributed by atoms with Gasteiger partial charge in [-0.2, -0.15) is 4.89 Å². The predicted octanol–water partition coefficient (Wildman–Crippen LogP) is 17.2. The van der Waals surface area contributed by atoms with E-state index in [-0.39, 0.29) is 16.8 Å². The highest BCUT2D eigenvalue weighted by atomic mass is 32.2. The summed E-state index contributed by atoms with van der Waals surface area (Å²) in [5, 5.41) is 0.729. The lowest BCUT2D eigenvalue weighted by molar-refractivity contribution is -0.143. The number of carbonyl (C=O) groups is 1. The Balaban J connectivity index is 1.53. The molecule has 0 radical (unpaired) electrons. The van der Waals surface area contributed by atoms with Gasteiger partial charge in [0.2, 0.25) is 16.8 Å². The molecule has 0 saturated heterocycles. The first-order chi connectivity index (χ1) is 29.8. The Morgan fingerprint density at radius 3 is 1.27 bits per heavy atom. The van der Waals surface area contributed by atoms with Gasteiger partial charge in [0.15, 0.2) is 0 Å². The largest absolute Gasteiger partial charge is 0.533 e. The van der Waals surface area contributed by atoms with Gasteiger partial charge in [0.25, 0.3) is 0 Å². The Morgan fingerprint density at radius 2 is 0.906 bits per heavy atom. The maximum Gasteiger partial charge on any atom is 0.533 e. The minimum absolute atomic E-state index is 0.154. The molecule has 7 heteroatoms. The minimum Gasteiger partial charge on any atom is -0.466 e. The van der Waals surface area contributed by atoms with Crippen LogP contribution in [0.5, 0.6) is 11.5 Å². The summed E-state index contributed by atoms with van der Waals surface area (Å²) in [5.74, 6) is 1.21. The van der Waals surface area contributed by atoms with E-state index in [0.717, 1.165) is 66.9 Å². The number of benzene rings is 3. The van der Waals surface area contributed by atoms with E-state index in [4.69, 9.17) is 13.8 Å². The van der Waals surface area contributed by atoms with Gasteiger partial charge in [-0.1, -0.05) is 222 Å². The Kier molecular flexibility index (Phi) is 19.8. The zero-order valence-electron chi connectivity index (χ0n) is 43.3. The molecule has 1 N–H and O–H groups in total. The lowest BCUT2D eigenvalue weighted by Gasteiger charge is -2.35. The van der Waals surface area contributed by atoms with Crippen molar-refractivity contribution < 1.29 is 23.5 Å². The Hall–Kier alpha value is -2.53. The van der Waals surface area contributed by atoms with Crippen molar-refractivity contribution in [3.63, 3.8) is 0 Å². The Labute approximate surface area is 397 Å². The summed E-state index contributed by atoms with van der Waals surface area (Å²) in [6.07, 6.45) is 22.0. The van der Waals surface area contributed by atoms with Gasteiger partial charge in [-0.05, 0) is 77.2 Å². The van der Waals surface area contributed by atoms with Gasteiger partial charge < -0.3 is 4.74 Å². The molecule has 3 aromatic rings. The van der Waals surface area contributed by atoms with Crippen LogP contribution in [0.15, 0.2) is 46.2 Å². The number of rotatable bonds is 21. The molecule has 4 rings (SSSR count). The molecule has 0 bridgehead atoms. The third-order valence-electron chi connectivity index (χ3n) is 12.6. The molecule has 0 saturated carbocycles. The fourth-order valence-electron chi connectivity index (χ4n) is 8.85. The average Bonchev–Trinajstić information content (AvgIpc) is 3.17. The fourth-order valence-corrected chi connectivity index (χ4v) is 12.7. The highest BCUT2D eigenvalue weighted by Crippen LogP contribution is 2.65. The topological polar surface area (TPSA) is 65.0 Å². The van der Waals surface area contributed by atoms with Crippen LogP contribution < -0.4 is 14.4 Å². The van der Waals surface area contributed by atoms with Gasteiger partial charge in [-0.25, -0.2) is 0 Å². The van der Waals surface area contributed by atoms with Crippen LogP contribution in [-0.4, -0.2) is 17.5 Å². The normalized spacial score (nSPS) is 14.2. The van der Waals surface area contributed by atoms with Crippen molar-refractivity contribution in [2.45, 2.75) is 251 Å². The summed E-state index contributed by atoms with van der Waals surface area (Å²) in [4.78, 5) is 28.8. The summed E-state index contributed by atoms with van der Waals surface area (Å²) in [5.41, 5.74) is 6.02. The molecular weight excluding hydrogens is 828 g/mol. The molecule has 0 amide bonds. The monoisotopic (exact) mass is 918 g/mol. The van der Waals surface area contributed by atoms with Crippen molar-refractivity contribution in [2.75, 3.05) is 6.61 Å². The van der Waals surface area contributed by atoms with E-state index >= 15 is 0 Å². The van der Waals surface area contributed by atoms with Crippen LogP contribution in [0.4, 0.5) is 0 Å². The van der Waals surface area contributed by atoms with Crippen LogP contribution >= 0.6 is 19.7 Å². The van der Waals surface area contributed by atoms with Crippen molar-refractivity contribution in [2.24, 2.45) is 0 Å². The average molecular weight is 918 g/mol. The zero-order chi connectivity index (χ0) is 47.5. The number of ether oxygens (including phenoxy) is 1. The molecule has 0 spiro atoms. The molecule has 358 valence electrons. The van der Waals surface area contributed by atoms with Crippen LogP contribution in [0, 0.1) is 13.8 Å². The predicted molar refractivity (Wildman–Crippen MR) is 277 cm³/mol. The molecule has 0 aliphatic carbocycles. The second-order valence-corrected chi connectivity index (χ2v) is 26.1. The number of hydrogen-bond donors (Lipinski definition) is 1. The van der Waals surface area contributed by atoms with Gasteiger partial charge in [-0.15, -0.1) is 0 Å². The van der Waals surface area contributed by atoms with E-state index in [1.807, 2.05) is 0 Å². The van der Waals surface area contributed by atoms with Gasteiger partial charge in [0.05, 0.1) is 16.4 Å². The van der Waals surface area contributed by atoms with E-state index in [9.17, 15) is 9.69 Å². The van der Waals surface area contributed by atoms with E-state index in [2.05, 4.69) is 140 Å². The van der Waals surface area contributed by atoms with Crippen molar-refractivity contribution >= 4 is 31.0 Å². The highest BCUT2D eigenvalue weighted by Gasteiger charge is 2.56. The van der Waals surface area contributed by atoms with Crippen LogP contribution in [0.25, 0.3) is 0 Å². The molecule has 0 aromatic heterocycles. The molecule has 0 fully saturated rings. The lowest BCUT2D eigenvalue weighted by Crippen LogP contribution is -2.37. The molecule has 1 aliphatic rings. The highest BCUT2D eigenvalue weighted by molar-refractivity contribution is 7.99. The number of aryl methyl sites for hydroxylation is 3. The summed E-state index contributed by atoms with van der Waals surface area (Å²) >= 11 is 1.66. The molecule has 0 unspecified atom stereocenters. The fraction of sp³-hybridized carbons (Fsp3) is 0.667. The first-order valence-electron chi connectivity index (χ1n) is 25.2. The first-order valence-corrected chi connectivity index (χ1v) is 27.6. The molecule has 1 heterocycles. The molecule has 64 heavy (non-hydrogen) atoms. The number of hydrogen-bond acceptors (Lipinski definition) is 6. The summed E-state index contributed by atoms with van der Waals surface area (Å²) in [7, 11) is -3.95. The third kappa shape index (κ3) is 15.8. The van der Waals surface area contributed by atoms with Crippen molar-refractivity contribution in [3.8, 4) is 11.5 Å². The minimum atomic E-state index is -3.95. The first kappa shape index (κ1) is 54.1. The maximum atomic E-state index is 13.7. The maximum absolute atomic E-state index is 13.7. The third-order valence-corrected chi connectivity index (χ3v) is 15.6. The van der Waals surface area contributed by atoms with Gasteiger partial charge in [-0.3, -0.25) is 13.8 Å². The van der Waals surface area contributed by atoms with Crippen LogP contribution in [0.1, 0.15) is 238 Å². The van der Waals surface area contributed by atoms with E-state index < -0.39 is 18.8 Å². The molecule has 0 atom stereocenters. The Morgan fingerprint density at radius 1 is 0.547 bits per heavy atom. The van der Waals surface area contributed by atoms with Crippen molar-refractivity contribution in [1.29, 1.82) is 0 Å². The van der Waals surface area contributed by atoms with Crippen molar-refractivity contribution in [3.05, 3.63) is 75.3 Å². The van der Waals surface area contributed by atoms with E-state index in [0.29, 0.717) is 30.9 Å². The quantitative estimate of drug-likeness (QED) is 0.0652. The molecule has 3 aromatic carbocycles. The van der Waals surface area contributed by atoms with Crippen LogP contribution in [0.3, 0.4) is 0 Å². The van der Waals surface area contributed by atoms with Gasteiger partial charge >= 0.3 is 13.9 Å². The summed E-state index contributed by atoms with van der Waals surface area (Å²) in [6.45, 7) is 33.4. The van der Waals surface area contributed by atoms with Gasteiger partial charge in [0.1, 0.15) is 0 Å². The van der Waals surface area contributed by atoms with E-state index in [1.165, 1.54) is 89.9 Å². The second kappa shape index (κ2) is 23.5. The number of fused-ring (bicyclic) bond motifs is 2. The summed E-state index contributed by atoms with van der Waals surface area (Å²) < 4.78 is 20.3. The standard InChI is InChI=1S/C57H90O5PS/c1-16-17-18-19-20-21-22-23-24-25-26-27-28-29-30-31-34-60-50(58)33-32-43-39-46(56(10,11)12)53(47(40-43)57(13,14)15)63(59)61-51-44(54(4,5)6)35-41(2)37-48(51)64-49-38-42(3)36-45(52(49)62-63)55(7,8)9/h35-40,59H,16-34H2,1-15H3/q+1. The zero-order valence-corrected chi connectivity index (χ0v) is 45.0. The second-order valence-electron chi connectivity index (χ2n) is 23.1. The van der Waals surface area contributed by atoms with Crippen LogP contribution in [0.2, 0.25) is 0 Å². The molecule has 1 aliphatic heterocycles. The van der Waals surface area contributed by atoms with Crippen LogP contribution in [-0.2, 0) is 37.6 Å². The number of unbranched alkanes of at least 4 members (excludes halogenated alkanes) is 15. The number of carbonyl (C=O) groups excluding carboxylic acids is 1. The lowest BCUT2D eigenvalue weighted by atomic mass is 9.79. The summed E-state index contributed by atoms with van der Waals surface area (Å²) in [6, 6.07) is 13.1. The van der Waals surface area contributed by atoms with Gasteiger partial charge in [0, 0.05) is 28.7 Å². The number of esters is 1. The molecular formula is C57H90O5PS+. The van der Waals surface area contributed by atoms with Crippen molar-refractivity contribution in [1.82, 2.24) is 0 Å². The molecule has 5 nitrogen and oxygen atoms in total. The smallest absolute Gasteiger partial charge is 0.466 e. The Bertz CT molecular complexity index is 1870. The SMILES string of the molecule is CCCCCCCCCCCCCCCCCCOC(=O)CCc1cc(C(C)(C)C)c([P+]2(O)Oc3c(cc(C)cc3C(C)(C)C)Sc3cc(C)cc(C(C)(C)C)c3O2)c(C(C)(C)C)c1. The van der Waals surface area contributed by atoms with E-state index in [1.54, 1.807) is 11.8 Å².